The van der Waals surface area contributed by atoms with Crippen molar-refractivity contribution in [1.29, 1.82) is 0 Å². The molecule has 0 bridgehead atoms. The number of aryl methyl sites for hydroxylation is 2. The number of halogens is 1. The third kappa shape index (κ3) is 4.73. The quantitative estimate of drug-likeness (QED) is 0.667. The SMILES string of the molecule is COc1ccc([C@H](C)NC(=O)CCc2nnc(-c3ccc(C)cc3)o2)cc1F. The molecule has 3 rings (SSSR count). The Morgan fingerprint density at radius 2 is 1.96 bits per heavy atom. The van der Waals surface area contributed by atoms with Crippen LogP contribution in [0.25, 0.3) is 11.5 Å². The van der Waals surface area contributed by atoms with E-state index in [0.29, 0.717) is 23.8 Å². The van der Waals surface area contributed by atoms with Crippen molar-refractivity contribution in [1.82, 2.24) is 15.5 Å². The average molecular weight is 383 g/mol. The van der Waals surface area contributed by atoms with Crippen LogP contribution < -0.4 is 10.1 Å². The van der Waals surface area contributed by atoms with E-state index in [9.17, 15) is 9.18 Å². The van der Waals surface area contributed by atoms with Crippen LogP contribution in [0.15, 0.2) is 46.9 Å². The van der Waals surface area contributed by atoms with Crippen molar-refractivity contribution in [2.45, 2.75) is 32.7 Å². The number of amides is 1. The molecule has 0 radical (unpaired) electrons. The van der Waals surface area contributed by atoms with E-state index in [0.717, 1.165) is 11.1 Å². The van der Waals surface area contributed by atoms with Gasteiger partial charge in [0.05, 0.1) is 13.2 Å². The van der Waals surface area contributed by atoms with Gasteiger partial charge in [-0.25, -0.2) is 4.39 Å². The van der Waals surface area contributed by atoms with Crippen molar-refractivity contribution in [2.24, 2.45) is 0 Å². The molecule has 28 heavy (non-hydrogen) atoms. The van der Waals surface area contributed by atoms with Crippen molar-refractivity contribution in [3.63, 3.8) is 0 Å². The Morgan fingerprint density at radius 3 is 2.64 bits per heavy atom. The first-order chi connectivity index (χ1) is 13.5. The van der Waals surface area contributed by atoms with Crippen molar-refractivity contribution >= 4 is 5.91 Å². The van der Waals surface area contributed by atoms with Gasteiger partial charge < -0.3 is 14.5 Å². The Bertz CT molecular complexity index is 954. The standard InChI is InChI=1S/C21H22FN3O3/c1-13-4-6-15(7-5-13)21-25-24-20(28-21)11-10-19(26)23-14(2)16-8-9-18(27-3)17(22)12-16/h4-9,12,14H,10-11H2,1-3H3,(H,23,26)/t14-/m0/s1. The summed E-state index contributed by atoms with van der Waals surface area (Å²) in [5.74, 6) is 0.351. The van der Waals surface area contributed by atoms with Gasteiger partial charge in [0.1, 0.15) is 0 Å². The summed E-state index contributed by atoms with van der Waals surface area (Å²) in [5, 5.41) is 10.9. The van der Waals surface area contributed by atoms with Gasteiger partial charge in [-0.3, -0.25) is 4.79 Å². The highest BCUT2D eigenvalue weighted by molar-refractivity contribution is 5.76. The Hall–Kier alpha value is -3.22. The summed E-state index contributed by atoms with van der Waals surface area (Å²) in [5.41, 5.74) is 2.64. The van der Waals surface area contributed by atoms with Gasteiger partial charge in [0.25, 0.3) is 0 Å². The lowest BCUT2D eigenvalue weighted by molar-refractivity contribution is -0.121. The predicted octanol–water partition coefficient (Wildman–Crippen LogP) is 4.00. The first-order valence-electron chi connectivity index (χ1n) is 8.98. The normalized spacial score (nSPS) is 11.9. The zero-order valence-electron chi connectivity index (χ0n) is 16.0. The minimum atomic E-state index is -0.462. The van der Waals surface area contributed by atoms with Gasteiger partial charge in [-0.2, -0.15) is 0 Å². The second kappa shape index (κ2) is 8.65. The molecule has 146 valence electrons. The molecule has 0 aliphatic rings. The van der Waals surface area contributed by atoms with E-state index in [-0.39, 0.29) is 24.1 Å². The molecule has 1 atom stereocenters. The molecule has 7 heteroatoms. The Morgan fingerprint density at radius 1 is 1.21 bits per heavy atom. The number of carbonyl (C=O) groups is 1. The molecular formula is C21H22FN3O3. The number of benzene rings is 2. The monoisotopic (exact) mass is 383 g/mol. The van der Waals surface area contributed by atoms with Crippen LogP contribution in [0.5, 0.6) is 5.75 Å². The number of rotatable bonds is 7. The summed E-state index contributed by atoms with van der Waals surface area (Å²) in [6, 6.07) is 12.0. The smallest absolute Gasteiger partial charge is 0.247 e. The minimum Gasteiger partial charge on any atom is -0.494 e. The minimum absolute atomic E-state index is 0.169. The van der Waals surface area contributed by atoms with E-state index >= 15 is 0 Å². The lowest BCUT2D eigenvalue weighted by Gasteiger charge is -2.15. The highest BCUT2D eigenvalue weighted by Crippen LogP contribution is 2.22. The molecule has 3 aromatic rings. The van der Waals surface area contributed by atoms with Crippen molar-refractivity contribution in [2.75, 3.05) is 7.11 Å². The van der Waals surface area contributed by atoms with E-state index < -0.39 is 5.82 Å². The van der Waals surface area contributed by atoms with Crippen LogP contribution in [-0.2, 0) is 11.2 Å². The lowest BCUT2D eigenvalue weighted by atomic mass is 10.1. The highest BCUT2D eigenvalue weighted by Gasteiger charge is 2.14. The molecule has 1 amide bonds. The fourth-order valence-corrected chi connectivity index (χ4v) is 2.74. The largest absolute Gasteiger partial charge is 0.494 e. The predicted molar refractivity (Wildman–Crippen MR) is 102 cm³/mol. The summed E-state index contributed by atoms with van der Waals surface area (Å²) >= 11 is 0. The number of hydrogen-bond acceptors (Lipinski definition) is 5. The zero-order chi connectivity index (χ0) is 20.1. The maximum absolute atomic E-state index is 13.8. The van der Waals surface area contributed by atoms with Crippen LogP contribution in [0.4, 0.5) is 4.39 Å². The van der Waals surface area contributed by atoms with Crippen molar-refractivity contribution in [3.8, 4) is 17.2 Å². The fraction of sp³-hybridized carbons (Fsp3) is 0.286. The van der Waals surface area contributed by atoms with Gasteiger partial charge >= 0.3 is 0 Å². The topological polar surface area (TPSA) is 77.2 Å². The maximum atomic E-state index is 13.8. The molecule has 6 nitrogen and oxygen atoms in total. The highest BCUT2D eigenvalue weighted by atomic mass is 19.1. The van der Waals surface area contributed by atoms with Gasteiger partial charge in [0.15, 0.2) is 11.6 Å². The van der Waals surface area contributed by atoms with Crippen molar-refractivity contribution in [3.05, 3.63) is 65.3 Å². The molecule has 0 spiro atoms. The maximum Gasteiger partial charge on any atom is 0.247 e. The molecular weight excluding hydrogens is 361 g/mol. The number of nitrogens with one attached hydrogen (secondary N) is 1. The zero-order valence-corrected chi connectivity index (χ0v) is 16.0. The average Bonchev–Trinajstić information content (AvgIpc) is 3.16. The van der Waals surface area contributed by atoms with Crippen LogP contribution in [0.2, 0.25) is 0 Å². The van der Waals surface area contributed by atoms with E-state index in [4.69, 9.17) is 9.15 Å². The van der Waals surface area contributed by atoms with E-state index in [1.807, 2.05) is 31.2 Å². The Kier molecular flexibility index (Phi) is 6.03. The second-order valence-corrected chi connectivity index (χ2v) is 6.55. The molecule has 0 fully saturated rings. The van der Waals surface area contributed by atoms with Crippen LogP contribution in [0.1, 0.15) is 36.4 Å². The summed E-state index contributed by atoms with van der Waals surface area (Å²) in [6.07, 6.45) is 0.521. The van der Waals surface area contributed by atoms with E-state index in [2.05, 4.69) is 15.5 Å². The fourth-order valence-electron chi connectivity index (χ4n) is 2.74. The van der Waals surface area contributed by atoms with Crippen LogP contribution >= 0.6 is 0 Å². The molecule has 0 saturated heterocycles. The van der Waals surface area contributed by atoms with Gasteiger partial charge in [0.2, 0.25) is 17.7 Å². The number of aromatic nitrogens is 2. The van der Waals surface area contributed by atoms with Crippen LogP contribution in [-0.4, -0.2) is 23.2 Å². The lowest BCUT2D eigenvalue weighted by Crippen LogP contribution is -2.26. The number of carbonyl (C=O) groups excluding carboxylic acids is 1. The van der Waals surface area contributed by atoms with Crippen molar-refractivity contribution < 1.29 is 18.3 Å². The summed E-state index contributed by atoms with van der Waals surface area (Å²) < 4.78 is 24.3. The van der Waals surface area contributed by atoms with E-state index in [1.165, 1.54) is 13.2 Å². The molecule has 1 aromatic heterocycles. The molecule has 0 saturated carbocycles. The third-order valence-electron chi connectivity index (χ3n) is 4.38. The van der Waals surface area contributed by atoms with Gasteiger partial charge in [-0.15, -0.1) is 10.2 Å². The van der Waals surface area contributed by atoms with E-state index in [1.54, 1.807) is 19.1 Å². The summed E-state index contributed by atoms with van der Waals surface area (Å²) in [7, 11) is 1.41. The Balaban J connectivity index is 1.54. The molecule has 0 aliphatic carbocycles. The van der Waals surface area contributed by atoms with Gasteiger partial charge in [-0.05, 0) is 43.7 Å². The third-order valence-corrected chi connectivity index (χ3v) is 4.38. The molecule has 0 aliphatic heterocycles. The van der Waals surface area contributed by atoms with Gasteiger partial charge in [-0.1, -0.05) is 23.8 Å². The number of hydrogen-bond donors (Lipinski definition) is 1. The summed E-state index contributed by atoms with van der Waals surface area (Å²) in [4.78, 5) is 12.2. The van der Waals surface area contributed by atoms with Crippen LogP contribution in [0.3, 0.4) is 0 Å². The first kappa shape index (κ1) is 19.5. The number of ether oxygens (including phenoxy) is 1. The Labute approximate surface area is 162 Å². The molecule has 1 heterocycles. The van der Waals surface area contributed by atoms with Gasteiger partial charge in [0, 0.05) is 18.4 Å². The number of methoxy groups -OCH3 is 1. The molecule has 1 N–H and O–H groups in total. The molecule has 2 aromatic carbocycles. The number of nitrogens with zero attached hydrogens (tertiary/aromatic N) is 2. The summed E-state index contributed by atoms with van der Waals surface area (Å²) in [6.45, 7) is 3.80. The molecule has 0 unspecified atom stereocenters. The second-order valence-electron chi connectivity index (χ2n) is 6.55. The first-order valence-corrected chi connectivity index (χ1v) is 8.98. The van der Waals surface area contributed by atoms with Crippen LogP contribution in [0, 0.1) is 12.7 Å².